The molecule has 1 aromatic rings. The number of alkyl halides is 3. The van der Waals surface area contributed by atoms with E-state index in [-0.39, 0.29) is 0 Å². The summed E-state index contributed by atoms with van der Waals surface area (Å²) in [5.74, 6) is 2.35. The summed E-state index contributed by atoms with van der Waals surface area (Å²) in [6.45, 7) is 2.02. The van der Waals surface area contributed by atoms with Gasteiger partial charge in [0, 0.05) is 22.1 Å². The Morgan fingerprint density at radius 1 is 0.667 bits per heavy atom. The largest absolute Gasteiger partial charge is 0.493 e. The van der Waals surface area contributed by atoms with Gasteiger partial charge in [-0.3, -0.25) is 0 Å². The highest BCUT2D eigenvalue weighted by molar-refractivity contribution is 9.09. The van der Waals surface area contributed by atoms with E-state index in [9.17, 15) is 0 Å². The van der Waals surface area contributed by atoms with Crippen LogP contribution >= 0.6 is 47.8 Å². The molecule has 0 atom stereocenters. The SMILES string of the molecule is BrCCCOc1ccc(OCCCBr)c(OCCCBr)c1. The van der Waals surface area contributed by atoms with E-state index in [1.807, 2.05) is 18.2 Å². The lowest BCUT2D eigenvalue weighted by atomic mass is 10.3. The van der Waals surface area contributed by atoms with Crippen molar-refractivity contribution in [3.05, 3.63) is 18.2 Å². The molecule has 0 aliphatic heterocycles. The highest BCUT2D eigenvalue weighted by Gasteiger charge is 2.08. The molecule has 0 saturated heterocycles. The van der Waals surface area contributed by atoms with Gasteiger partial charge in [-0.2, -0.15) is 0 Å². The second kappa shape index (κ2) is 12.6. The summed E-state index contributed by atoms with van der Waals surface area (Å²) >= 11 is 10.2. The molecule has 0 saturated carbocycles. The first kappa shape index (κ1) is 19.1. The van der Waals surface area contributed by atoms with Gasteiger partial charge < -0.3 is 14.2 Å². The molecule has 1 aromatic carbocycles. The van der Waals surface area contributed by atoms with Crippen LogP contribution in [0.4, 0.5) is 0 Å². The van der Waals surface area contributed by atoms with Gasteiger partial charge in [-0.15, -0.1) is 0 Å². The number of benzene rings is 1. The van der Waals surface area contributed by atoms with Gasteiger partial charge in [0.25, 0.3) is 0 Å². The minimum Gasteiger partial charge on any atom is -0.493 e. The van der Waals surface area contributed by atoms with Crippen LogP contribution in [0, 0.1) is 0 Å². The molecule has 0 heterocycles. The van der Waals surface area contributed by atoms with Gasteiger partial charge in [-0.1, -0.05) is 47.8 Å². The second-order valence-electron chi connectivity index (χ2n) is 4.28. The third-order valence-electron chi connectivity index (χ3n) is 2.53. The van der Waals surface area contributed by atoms with E-state index in [1.165, 1.54) is 0 Å². The summed E-state index contributed by atoms with van der Waals surface area (Å²) in [5, 5.41) is 2.80. The number of halogens is 3. The average molecular weight is 489 g/mol. The fourth-order valence-electron chi connectivity index (χ4n) is 1.53. The zero-order chi connectivity index (χ0) is 15.3. The van der Waals surface area contributed by atoms with Crippen LogP contribution in [-0.4, -0.2) is 35.8 Å². The van der Waals surface area contributed by atoms with Crippen molar-refractivity contribution in [2.45, 2.75) is 19.3 Å². The highest BCUT2D eigenvalue weighted by Crippen LogP contribution is 2.32. The molecule has 0 radical (unpaired) electrons. The molecule has 0 aliphatic rings. The van der Waals surface area contributed by atoms with Crippen molar-refractivity contribution in [3.8, 4) is 17.2 Å². The van der Waals surface area contributed by atoms with Crippen LogP contribution in [0.25, 0.3) is 0 Å². The minimum absolute atomic E-state index is 0.658. The fraction of sp³-hybridized carbons (Fsp3) is 0.600. The summed E-state index contributed by atoms with van der Waals surface area (Å²) in [6, 6.07) is 5.75. The van der Waals surface area contributed by atoms with Crippen LogP contribution in [0.5, 0.6) is 17.2 Å². The predicted octanol–water partition coefficient (Wildman–Crippen LogP) is 5.18. The van der Waals surface area contributed by atoms with Crippen molar-refractivity contribution in [1.29, 1.82) is 0 Å². The Bertz CT molecular complexity index is 388. The Morgan fingerprint density at radius 2 is 1.19 bits per heavy atom. The summed E-state index contributed by atoms with van der Waals surface area (Å²) < 4.78 is 17.3. The van der Waals surface area contributed by atoms with Crippen molar-refractivity contribution >= 4 is 47.8 Å². The van der Waals surface area contributed by atoms with Crippen LogP contribution in [0.1, 0.15) is 19.3 Å². The average Bonchev–Trinajstić information content (AvgIpc) is 2.50. The molecule has 0 spiro atoms. The third-order valence-corrected chi connectivity index (χ3v) is 4.22. The first-order valence-electron chi connectivity index (χ1n) is 7.02. The minimum atomic E-state index is 0.658. The third kappa shape index (κ3) is 8.31. The van der Waals surface area contributed by atoms with E-state index in [4.69, 9.17) is 14.2 Å². The van der Waals surface area contributed by atoms with E-state index >= 15 is 0 Å². The monoisotopic (exact) mass is 486 g/mol. The molecule has 0 aromatic heterocycles. The van der Waals surface area contributed by atoms with Crippen molar-refractivity contribution in [3.63, 3.8) is 0 Å². The van der Waals surface area contributed by atoms with Crippen LogP contribution in [0.2, 0.25) is 0 Å². The Hall–Kier alpha value is 0.0600. The van der Waals surface area contributed by atoms with Crippen LogP contribution in [-0.2, 0) is 0 Å². The first-order valence-corrected chi connectivity index (χ1v) is 10.4. The van der Waals surface area contributed by atoms with E-state index in [2.05, 4.69) is 47.8 Å². The summed E-state index contributed by atoms with van der Waals surface area (Å²) in [5.41, 5.74) is 0. The molecular weight excluding hydrogens is 468 g/mol. The van der Waals surface area contributed by atoms with Gasteiger partial charge in [-0.25, -0.2) is 0 Å². The fourth-order valence-corrected chi connectivity index (χ4v) is 2.21. The summed E-state index contributed by atoms with van der Waals surface area (Å²) in [4.78, 5) is 0. The van der Waals surface area contributed by atoms with Crippen molar-refractivity contribution in [1.82, 2.24) is 0 Å². The standard InChI is InChI=1S/C15H21Br3O3/c16-6-1-9-19-13-4-5-14(20-10-2-7-17)15(12-13)21-11-3-8-18/h4-5,12H,1-3,6-11H2. The van der Waals surface area contributed by atoms with Gasteiger partial charge in [0.2, 0.25) is 0 Å². The van der Waals surface area contributed by atoms with Gasteiger partial charge in [0.15, 0.2) is 11.5 Å². The smallest absolute Gasteiger partial charge is 0.164 e. The Balaban J connectivity index is 2.65. The lowest BCUT2D eigenvalue weighted by Crippen LogP contribution is -2.04. The van der Waals surface area contributed by atoms with Crippen LogP contribution in [0.3, 0.4) is 0 Å². The van der Waals surface area contributed by atoms with Gasteiger partial charge in [-0.05, 0) is 31.4 Å². The molecule has 0 bridgehead atoms. The zero-order valence-corrected chi connectivity index (χ0v) is 16.7. The van der Waals surface area contributed by atoms with Crippen molar-refractivity contribution in [2.24, 2.45) is 0 Å². The molecule has 0 N–H and O–H groups in total. The van der Waals surface area contributed by atoms with E-state index in [1.54, 1.807) is 0 Å². The van der Waals surface area contributed by atoms with E-state index in [0.717, 1.165) is 52.5 Å². The molecule has 21 heavy (non-hydrogen) atoms. The zero-order valence-electron chi connectivity index (χ0n) is 12.0. The lowest BCUT2D eigenvalue weighted by Gasteiger charge is -2.14. The number of hydrogen-bond donors (Lipinski definition) is 0. The summed E-state index contributed by atoms with van der Waals surface area (Å²) in [7, 11) is 0. The maximum atomic E-state index is 5.80. The molecule has 6 heteroatoms. The molecule has 0 amide bonds. The quantitative estimate of drug-likeness (QED) is 0.300. The van der Waals surface area contributed by atoms with Crippen molar-refractivity contribution < 1.29 is 14.2 Å². The molecule has 0 aliphatic carbocycles. The highest BCUT2D eigenvalue weighted by atomic mass is 79.9. The van der Waals surface area contributed by atoms with Gasteiger partial charge in [0.05, 0.1) is 19.8 Å². The van der Waals surface area contributed by atoms with Crippen LogP contribution in [0.15, 0.2) is 18.2 Å². The number of hydrogen-bond acceptors (Lipinski definition) is 3. The molecule has 3 nitrogen and oxygen atoms in total. The van der Waals surface area contributed by atoms with Crippen LogP contribution < -0.4 is 14.2 Å². The number of ether oxygens (including phenoxy) is 3. The molecule has 1 rings (SSSR count). The lowest BCUT2D eigenvalue weighted by molar-refractivity contribution is 0.265. The second-order valence-corrected chi connectivity index (χ2v) is 6.66. The molecular formula is C15H21Br3O3. The maximum Gasteiger partial charge on any atom is 0.164 e. The predicted molar refractivity (Wildman–Crippen MR) is 98.2 cm³/mol. The van der Waals surface area contributed by atoms with Gasteiger partial charge >= 0.3 is 0 Å². The number of rotatable bonds is 12. The maximum absolute atomic E-state index is 5.80. The molecule has 0 unspecified atom stereocenters. The topological polar surface area (TPSA) is 27.7 Å². The first-order chi connectivity index (χ1) is 10.3. The van der Waals surface area contributed by atoms with E-state index in [0.29, 0.717) is 19.8 Å². The Kier molecular flexibility index (Phi) is 11.5. The Morgan fingerprint density at radius 3 is 1.76 bits per heavy atom. The molecule has 0 fully saturated rings. The Labute approximate surface area is 152 Å². The van der Waals surface area contributed by atoms with Gasteiger partial charge in [0.1, 0.15) is 5.75 Å². The van der Waals surface area contributed by atoms with E-state index < -0.39 is 0 Å². The summed E-state index contributed by atoms with van der Waals surface area (Å²) in [6.07, 6.45) is 2.89. The van der Waals surface area contributed by atoms with Crippen molar-refractivity contribution in [2.75, 3.05) is 35.8 Å². The normalized spacial score (nSPS) is 10.4. The molecule has 120 valence electrons.